The van der Waals surface area contributed by atoms with Crippen LogP contribution in [0.4, 0.5) is 0 Å². The van der Waals surface area contributed by atoms with E-state index in [0.29, 0.717) is 24.2 Å². The molecule has 0 fully saturated rings. The van der Waals surface area contributed by atoms with Crippen LogP contribution < -0.4 is 0 Å². The summed E-state index contributed by atoms with van der Waals surface area (Å²) in [5.41, 5.74) is 1.00. The van der Waals surface area contributed by atoms with Gasteiger partial charge in [0.25, 0.3) is 5.91 Å². The highest BCUT2D eigenvalue weighted by atomic mass is 16.3. The van der Waals surface area contributed by atoms with Crippen molar-refractivity contribution in [3.63, 3.8) is 0 Å². The van der Waals surface area contributed by atoms with Gasteiger partial charge in [-0.15, -0.1) is 0 Å². The molecule has 96 valence electrons. The Hall–Kier alpha value is -1.90. The first-order valence-corrected chi connectivity index (χ1v) is 5.67. The van der Waals surface area contributed by atoms with Crippen molar-refractivity contribution in [2.24, 2.45) is 0 Å². The van der Waals surface area contributed by atoms with Crippen molar-refractivity contribution in [1.29, 1.82) is 0 Å². The van der Waals surface area contributed by atoms with Crippen LogP contribution in [0, 0.1) is 11.8 Å². The minimum Gasteiger partial charge on any atom is -0.395 e. The maximum absolute atomic E-state index is 12.1. The lowest BCUT2D eigenvalue weighted by Crippen LogP contribution is -2.33. The van der Waals surface area contributed by atoms with Crippen molar-refractivity contribution >= 4 is 5.91 Å². The summed E-state index contributed by atoms with van der Waals surface area (Å²) in [5, 5.41) is 17.5. The van der Waals surface area contributed by atoms with Gasteiger partial charge >= 0.3 is 0 Å². The molecule has 0 saturated heterocycles. The van der Waals surface area contributed by atoms with Crippen LogP contribution in [-0.2, 0) is 0 Å². The summed E-state index contributed by atoms with van der Waals surface area (Å²) in [6, 6.07) is 1.62. The second kappa shape index (κ2) is 7.43. The average molecular weight is 248 g/mol. The minimum atomic E-state index is -0.232. The van der Waals surface area contributed by atoms with E-state index in [1.807, 2.05) is 6.92 Å². The van der Waals surface area contributed by atoms with E-state index in [9.17, 15) is 4.79 Å². The molecule has 0 bridgehead atoms. The van der Waals surface area contributed by atoms with Crippen LogP contribution in [0.15, 0.2) is 18.5 Å². The Labute approximate surface area is 106 Å². The molecular weight excluding hydrogens is 232 g/mol. The van der Waals surface area contributed by atoms with Gasteiger partial charge in [-0.05, 0) is 13.0 Å². The van der Waals surface area contributed by atoms with E-state index in [0.717, 1.165) is 0 Å². The molecule has 0 spiro atoms. The normalized spacial score (nSPS) is 9.50. The quantitative estimate of drug-likeness (QED) is 0.729. The summed E-state index contributed by atoms with van der Waals surface area (Å²) in [5.74, 6) is 5.01. The first-order chi connectivity index (χ1) is 8.72. The highest BCUT2D eigenvalue weighted by Crippen LogP contribution is 2.06. The zero-order valence-electron chi connectivity index (χ0n) is 10.3. The van der Waals surface area contributed by atoms with Crippen LogP contribution in [0.2, 0.25) is 0 Å². The SMILES string of the molecule is CCN(CCO)C(=O)c1cncc(C#CCO)c1. The third kappa shape index (κ3) is 3.84. The van der Waals surface area contributed by atoms with Crippen molar-refractivity contribution < 1.29 is 15.0 Å². The summed E-state index contributed by atoms with van der Waals surface area (Å²) >= 11 is 0. The molecule has 2 N–H and O–H groups in total. The van der Waals surface area contributed by atoms with Gasteiger partial charge in [-0.3, -0.25) is 9.78 Å². The van der Waals surface area contributed by atoms with E-state index in [-0.39, 0.29) is 19.1 Å². The number of hydrogen-bond acceptors (Lipinski definition) is 4. The van der Waals surface area contributed by atoms with Crippen LogP contribution in [0.5, 0.6) is 0 Å². The fraction of sp³-hybridized carbons (Fsp3) is 0.385. The second-order valence-electron chi connectivity index (χ2n) is 3.53. The van der Waals surface area contributed by atoms with Gasteiger partial charge in [-0.2, -0.15) is 0 Å². The third-order valence-corrected chi connectivity index (χ3v) is 2.34. The number of carbonyl (C=O) groups is 1. The lowest BCUT2D eigenvalue weighted by Gasteiger charge is -2.19. The predicted octanol–water partition coefficient (Wildman–Crippen LogP) is -0.120. The molecule has 1 aromatic rings. The average Bonchev–Trinajstić information content (AvgIpc) is 2.42. The van der Waals surface area contributed by atoms with Crippen molar-refractivity contribution in [1.82, 2.24) is 9.88 Å². The third-order valence-electron chi connectivity index (χ3n) is 2.34. The number of likely N-dealkylation sites (N-methyl/N-ethyl adjacent to an activating group) is 1. The second-order valence-corrected chi connectivity index (χ2v) is 3.53. The Morgan fingerprint density at radius 2 is 2.22 bits per heavy atom. The van der Waals surface area contributed by atoms with Crippen LogP contribution in [-0.4, -0.2) is 52.3 Å². The Balaban J connectivity index is 2.91. The molecule has 0 aromatic carbocycles. The lowest BCUT2D eigenvalue weighted by atomic mass is 10.2. The molecule has 5 nitrogen and oxygen atoms in total. The van der Waals surface area contributed by atoms with E-state index >= 15 is 0 Å². The molecule has 0 aliphatic heterocycles. The van der Waals surface area contributed by atoms with Gasteiger partial charge in [0.05, 0.1) is 12.2 Å². The maximum Gasteiger partial charge on any atom is 0.255 e. The van der Waals surface area contributed by atoms with Crippen LogP contribution in [0.3, 0.4) is 0 Å². The summed E-state index contributed by atoms with van der Waals surface area (Å²) in [7, 11) is 0. The lowest BCUT2D eigenvalue weighted by molar-refractivity contribution is 0.0731. The van der Waals surface area contributed by atoms with Gasteiger partial charge in [0.15, 0.2) is 0 Å². The monoisotopic (exact) mass is 248 g/mol. The molecule has 0 atom stereocenters. The molecular formula is C13H16N2O3. The number of hydrogen-bond donors (Lipinski definition) is 2. The summed E-state index contributed by atoms with van der Waals surface area (Å²) in [4.78, 5) is 17.5. The largest absolute Gasteiger partial charge is 0.395 e. The molecule has 18 heavy (non-hydrogen) atoms. The Morgan fingerprint density at radius 3 is 2.83 bits per heavy atom. The molecule has 1 heterocycles. The summed E-state index contributed by atoms with van der Waals surface area (Å²) < 4.78 is 0. The van der Waals surface area contributed by atoms with Crippen molar-refractivity contribution in [2.45, 2.75) is 6.92 Å². The molecule has 1 amide bonds. The highest BCUT2D eigenvalue weighted by Gasteiger charge is 2.13. The molecule has 1 rings (SSSR count). The van der Waals surface area contributed by atoms with Gasteiger partial charge in [0.1, 0.15) is 6.61 Å². The molecule has 5 heteroatoms. The minimum absolute atomic E-state index is 0.0724. The molecule has 0 saturated carbocycles. The maximum atomic E-state index is 12.1. The fourth-order valence-electron chi connectivity index (χ4n) is 1.47. The molecule has 0 radical (unpaired) electrons. The smallest absolute Gasteiger partial charge is 0.255 e. The number of pyridine rings is 1. The number of amides is 1. The van der Waals surface area contributed by atoms with Crippen molar-refractivity contribution in [3.8, 4) is 11.8 Å². The van der Waals surface area contributed by atoms with E-state index in [2.05, 4.69) is 16.8 Å². The number of carbonyl (C=O) groups excluding carboxylic acids is 1. The Bertz CT molecular complexity index is 463. The van der Waals surface area contributed by atoms with Gasteiger partial charge < -0.3 is 15.1 Å². The number of nitrogens with zero attached hydrogens (tertiary/aromatic N) is 2. The zero-order chi connectivity index (χ0) is 13.4. The molecule has 0 unspecified atom stereocenters. The zero-order valence-corrected chi connectivity index (χ0v) is 10.3. The predicted molar refractivity (Wildman–Crippen MR) is 66.9 cm³/mol. The van der Waals surface area contributed by atoms with E-state index < -0.39 is 0 Å². The van der Waals surface area contributed by atoms with Gasteiger partial charge in [0.2, 0.25) is 0 Å². The standard InChI is InChI=1S/C13H16N2O3/c1-2-15(5-7-17)13(18)12-8-11(4-3-6-16)9-14-10-12/h8-10,16-17H,2,5-7H2,1H3. The van der Waals surface area contributed by atoms with E-state index in [1.54, 1.807) is 6.07 Å². The van der Waals surface area contributed by atoms with Crippen LogP contribution in [0.1, 0.15) is 22.8 Å². The van der Waals surface area contributed by atoms with Crippen LogP contribution in [0.25, 0.3) is 0 Å². The van der Waals surface area contributed by atoms with E-state index in [4.69, 9.17) is 10.2 Å². The van der Waals surface area contributed by atoms with Crippen molar-refractivity contribution in [2.75, 3.05) is 26.3 Å². The van der Waals surface area contributed by atoms with Gasteiger partial charge in [0, 0.05) is 31.0 Å². The highest BCUT2D eigenvalue weighted by molar-refractivity contribution is 5.94. The molecule has 0 aliphatic carbocycles. The number of aliphatic hydroxyl groups is 2. The Morgan fingerprint density at radius 1 is 1.44 bits per heavy atom. The summed E-state index contributed by atoms with van der Waals surface area (Å²) in [6.07, 6.45) is 2.99. The summed E-state index contributed by atoms with van der Waals surface area (Å²) in [6.45, 7) is 2.35. The topological polar surface area (TPSA) is 73.7 Å². The Kier molecular flexibility index (Phi) is 5.85. The molecule has 0 aliphatic rings. The first-order valence-electron chi connectivity index (χ1n) is 5.67. The van der Waals surface area contributed by atoms with Gasteiger partial charge in [-0.1, -0.05) is 11.8 Å². The number of aliphatic hydroxyl groups excluding tert-OH is 2. The number of aromatic nitrogens is 1. The molecule has 1 aromatic heterocycles. The van der Waals surface area contributed by atoms with Gasteiger partial charge in [-0.25, -0.2) is 0 Å². The first kappa shape index (κ1) is 14.2. The van der Waals surface area contributed by atoms with Crippen molar-refractivity contribution in [3.05, 3.63) is 29.6 Å². The van der Waals surface area contributed by atoms with E-state index in [1.165, 1.54) is 17.3 Å². The fourth-order valence-corrected chi connectivity index (χ4v) is 1.47. The van der Waals surface area contributed by atoms with Crippen LogP contribution >= 0.6 is 0 Å². The number of rotatable bonds is 4.